The molecule has 1 aliphatic heterocycles. The molecule has 3 heterocycles. The number of aromatic amines is 1. The Labute approximate surface area is 168 Å². The molecule has 0 amide bonds. The zero-order valence-electron chi connectivity index (χ0n) is 15.6. The number of tetrazole rings is 1. The van der Waals surface area contributed by atoms with Crippen LogP contribution >= 0.6 is 0 Å². The van der Waals surface area contributed by atoms with Gasteiger partial charge in [0, 0.05) is 23.3 Å². The molecule has 2 N–H and O–H groups in total. The van der Waals surface area contributed by atoms with Crippen LogP contribution in [0.25, 0.3) is 11.3 Å². The number of non-ortho nitro benzene ring substituents is 1. The molecule has 148 valence electrons. The van der Waals surface area contributed by atoms with Crippen LogP contribution in [0.4, 0.5) is 17.3 Å². The van der Waals surface area contributed by atoms with Crippen LogP contribution in [-0.2, 0) is 0 Å². The first kappa shape index (κ1) is 17.7. The molecule has 11 heteroatoms. The van der Waals surface area contributed by atoms with Gasteiger partial charge in [-0.2, -0.15) is 9.78 Å². The number of nitro benzene ring substituents is 1. The molecular weight excluding hydrogens is 388 g/mol. The highest BCUT2D eigenvalue weighted by atomic mass is 16.6. The molecule has 0 bridgehead atoms. The Balaban J connectivity index is 1.76. The Morgan fingerprint density at radius 1 is 1.10 bits per heavy atom. The lowest BCUT2D eigenvalue weighted by atomic mass is 9.92. The van der Waals surface area contributed by atoms with Gasteiger partial charge in [0.25, 0.3) is 11.2 Å². The molecule has 0 saturated carbocycles. The highest BCUT2D eigenvalue weighted by Crippen LogP contribution is 2.41. The molecule has 0 spiro atoms. The van der Waals surface area contributed by atoms with Crippen LogP contribution in [0, 0.1) is 17.0 Å². The van der Waals surface area contributed by atoms with Gasteiger partial charge in [-0.1, -0.05) is 34.9 Å². The van der Waals surface area contributed by atoms with E-state index in [0.717, 1.165) is 11.1 Å². The summed E-state index contributed by atoms with van der Waals surface area (Å²) in [5.41, 5.74) is 3.46. The number of nitrogens with zero attached hydrogens (tertiary/aromatic N) is 6. The topological polar surface area (TPSA) is 145 Å². The number of aromatic nitrogens is 6. The predicted molar refractivity (Wildman–Crippen MR) is 106 cm³/mol. The summed E-state index contributed by atoms with van der Waals surface area (Å²) in [6, 6.07) is 13.3. The summed E-state index contributed by atoms with van der Waals surface area (Å²) in [6.07, 6.45) is 0. The van der Waals surface area contributed by atoms with E-state index in [1.165, 1.54) is 12.1 Å². The van der Waals surface area contributed by atoms with E-state index in [4.69, 9.17) is 0 Å². The maximum Gasteiger partial charge on any atom is 0.288 e. The monoisotopic (exact) mass is 402 g/mol. The maximum atomic E-state index is 12.6. The van der Waals surface area contributed by atoms with Crippen LogP contribution in [0.1, 0.15) is 22.7 Å². The molecule has 0 radical (unpaired) electrons. The zero-order chi connectivity index (χ0) is 20.8. The van der Waals surface area contributed by atoms with Gasteiger partial charge in [0.1, 0.15) is 11.7 Å². The van der Waals surface area contributed by atoms with Crippen molar-refractivity contribution < 1.29 is 4.92 Å². The van der Waals surface area contributed by atoms with Crippen molar-refractivity contribution in [3.8, 4) is 11.3 Å². The largest absolute Gasteiger partial charge is 0.318 e. The van der Waals surface area contributed by atoms with E-state index >= 15 is 0 Å². The summed E-state index contributed by atoms with van der Waals surface area (Å²) in [5.74, 6) is 0.333. The van der Waals surface area contributed by atoms with E-state index < -0.39 is 16.5 Å². The molecule has 1 aliphatic rings. The minimum absolute atomic E-state index is 0.0342. The first-order chi connectivity index (χ1) is 14.5. The Bertz CT molecular complexity index is 1330. The quantitative estimate of drug-likeness (QED) is 0.345. The SMILES string of the molecule is Cc1ccc([C@@H]2c3c(-c4ccc([N+](=O)[O-])cc4)n[nH]c(=O)c3Nc3nnnn32)cc1. The predicted octanol–water partition coefficient (Wildman–Crippen LogP) is 2.33. The number of H-pyrrole nitrogens is 1. The summed E-state index contributed by atoms with van der Waals surface area (Å²) >= 11 is 0. The number of nitro groups is 1. The van der Waals surface area contributed by atoms with E-state index in [1.807, 2.05) is 31.2 Å². The van der Waals surface area contributed by atoms with Gasteiger partial charge in [-0.3, -0.25) is 14.9 Å². The lowest BCUT2D eigenvalue weighted by Gasteiger charge is -2.27. The number of hydrogen-bond acceptors (Lipinski definition) is 8. The number of aryl methyl sites for hydroxylation is 1. The van der Waals surface area contributed by atoms with E-state index in [9.17, 15) is 14.9 Å². The van der Waals surface area contributed by atoms with Gasteiger partial charge >= 0.3 is 0 Å². The summed E-state index contributed by atoms with van der Waals surface area (Å²) in [7, 11) is 0. The summed E-state index contributed by atoms with van der Waals surface area (Å²) in [5, 5.41) is 32.5. The third kappa shape index (κ3) is 2.71. The van der Waals surface area contributed by atoms with E-state index in [1.54, 1.807) is 16.8 Å². The van der Waals surface area contributed by atoms with Crippen LogP contribution in [0.3, 0.4) is 0 Å². The fourth-order valence-electron chi connectivity index (χ4n) is 3.56. The van der Waals surface area contributed by atoms with Crippen molar-refractivity contribution in [3.05, 3.63) is 85.7 Å². The third-order valence-electron chi connectivity index (χ3n) is 5.01. The van der Waals surface area contributed by atoms with Crippen molar-refractivity contribution in [2.24, 2.45) is 0 Å². The fraction of sp³-hybridized carbons (Fsp3) is 0.105. The zero-order valence-corrected chi connectivity index (χ0v) is 15.6. The Morgan fingerprint density at radius 3 is 2.53 bits per heavy atom. The average molecular weight is 402 g/mol. The number of fused-ring (bicyclic) bond motifs is 2. The normalized spacial score (nSPS) is 14.5. The van der Waals surface area contributed by atoms with E-state index in [2.05, 4.69) is 31.0 Å². The summed E-state index contributed by atoms with van der Waals surface area (Å²) < 4.78 is 1.59. The smallest absolute Gasteiger partial charge is 0.288 e. The minimum Gasteiger partial charge on any atom is -0.318 e. The van der Waals surface area contributed by atoms with Gasteiger partial charge in [0.05, 0.1) is 10.6 Å². The van der Waals surface area contributed by atoms with Crippen LogP contribution in [0.5, 0.6) is 0 Å². The van der Waals surface area contributed by atoms with Crippen molar-refractivity contribution >= 4 is 17.3 Å². The van der Waals surface area contributed by atoms with E-state index in [0.29, 0.717) is 22.8 Å². The number of hydrogen-bond donors (Lipinski definition) is 2. The Kier molecular flexibility index (Phi) is 3.88. The van der Waals surface area contributed by atoms with Gasteiger partial charge in [-0.05, 0) is 35.0 Å². The Morgan fingerprint density at radius 2 is 1.83 bits per heavy atom. The fourth-order valence-corrected chi connectivity index (χ4v) is 3.56. The average Bonchev–Trinajstić information content (AvgIpc) is 3.22. The van der Waals surface area contributed by atoms with Crippen molar-refractivity contribution in [1.29, 1.82) is 0 Å². The molecule has 11 nitrogen and oxygen atoms in total. The molecule has 4 aromatic rings. The standard InChI is InChI=1S/C19H14N8O3/c1-10-2-4-12(5-3-10)17-14-15(11-6-8-13(9-7-11)27(29)30)21-22-18(28)16(14)20-19-23-24-25-26(17)19/h2-9,17H,1H3,(H,22,28)(H,20,23,25)/t17-/m1/s1. The lowest BCUT2D eigenvalue weighted by molar-refractivity contribution is -0.384. The summed E-state index contributed by atoms with van der Waals surface area (Å²) in [6.45, 7) is 1.98. The molecule has 2 aromatic heterocycles. The number of rotatable bonds is 3. The van der Waals surface area contributed by atoms with E-state index in [-0.39, 0.29) is 11.4 Å². The number of anilines is 2. The molecule has 0 saturated heterocycles. The van der Waals surface area contributed by atoms with Gasteiger partial charge in [-0.15, -0.1) is 0 Å². The van der Waals surface area contributed by atoms with Crippen molar-refractivity contribution in [2.45, 2.75) is 13.0 Å². The van der Waals surface area contributed by atoms with Crippen molar-refractivity contribution in [2.75, 3.05) is 5.32 Å². The molecule has 30 heavy (non-hydrogen) atoms. The second kappa shape index (κ2) is 6.58. The molecular formula is C19H14N8O3. The maximum absolute atomic E-state index is 12.6. The molecule has 1 atom stereocenters. The first-order valence-corrected chi connectivity index (χ1v) is 9.02. The first-order valence-electron chi connectivity index (χ1n) is 9.02. The van der Waals surface area contributed by atoms with Gasteiger partial charge in [0.15, 0.2) is 0 Å². The molecule has 0 aliphatic carbocycles. The van der Waals surface area contributed by atoms with Crippen molar-refractivity contribution in [1.82, 2.24) is 30.4 Å². The molecule has 5 rings (SSSR count). The second-order valence-corrected chi connectivity index (χ2v) is 6.88. The highest BCUT2D eigenvalue weighted by Gasteiger charge is 2.34. The molecule has 0 fully saturated rings. The molecule has 0 unspecified atom stereocenters. The summed E-state index contributed by atoms with van der Waals surface area (Å²) in [4.78, 5) is 23.1. The van der Waals surface area contributed by atoms with Crippen LogP contribution in [0.15, 0.2) is 53.3 Å². The highest BCUT2D eigenvalue weighted by molar-refractivity contribution is 5.75. The molecule has 2 aromatic carbocycles. The van der Waals surface area contributed by atoms with Crippen LogP contribution in [-0.4, -0.2) is 35.3 Å². The number of nitrogens with one attached hydrogen (secondary N) is 2. The van der Waals surface area contributed by atoms with Crippen LogP contribution in [0.2, 0.25) is 0 Å². The second-order valence-electron chi connectivity index (χ2n) is 6.88. The third-order valence-corrected chi connectivity index (χ3v) is 5.01. The van der Waals surface area contributed by atoms with Gasteiger partial charge in [-0.25, -0.2) is 5.10 Å². The minimum atomic E-state index is -0.508. The van der Waals surface area contributed by atoms with Crippen molar-refractivity contribution in [3.63, 3.8) is 0 Å². The van der Waals surface area contributed by atoms with Gasteiger partial charge in [0.2, 0.25) is 5.95 Å². The Hall–Kier alpha value is -4.41. The number of benzene rings is 2. The lowest BCUT2D eigenvalue weighted by Crippen LogP contribution is -2.29. The van der Waals surface area contributed by atoms with Gasteiger partial charge < -0.3 is 5.32 Å². The van der Waals surface area contributed by atoms with Crippen LogP contribution < -0.4 is 10.9 Å².